The average Bonchev–Trinajstić information content (AvgIpc) is 2.24. The first-order valence-electron chi connectivity index (χ1n) is 5.07. The lowest BCUT2D eigenvalue weighted by molar-refractivity contribution is -0.125. The molecule has 94 valence electrons. The van der Waals surface area contributed by atoms with Crippen molar-refractivity contribution in [3.05, 3.63) is 0 Å². The lowest BCUT2D eigenvalue weighted by Gasteiger charge is -2.12. The molecule has 0 atom stereocenters. The van der Waals surface area contributed by atoms with Gasteiger partial charge in [-0.15, -0.1) is 0 Å². The van der Waals surface area contributed by atoms with E-state index in [1.807, 2.05) is 0 Å². The van der Waals surface area contributed by atoms with Crippen LogP contribution in [0.2, 0.25) is 0 Å². The van der Waals surface area contributed by atoms with Crippen LogP contribution in [0.25, 0.3) is 0 Å². The first-order chi connectivity index (χ1) is 7.57. The second kappa shape index (κ2) is 8.93. The van der Waals surface area contributed by atoms with Crippen molar-refractivity contribution in [3.63, 3.8) is 0 Å². The van der Waals surface area contributed by atoms with Gasteiger partial charge in [-0.2, -0.15) is 0 Å². The molecule has 0 unspecified atom stereocenters. The van der Waals surface area contributed by atoms with Crippen LogP contribution in [0.3, 0.4) is 0 Å². The number of ether oxygens (including phenoxy) is 1. The zero-order chi connectivity index (χ0) is 12.4. The summed E-state index contributed by atoms with van der Waals surface area (Å²) < 4.78 is 4.93. The highest BCUT2D eigenvalue weighted by Gasteiger charge is 2.02. The molecule has 0 saturated heterocycles. The van der Waals surface area contributed by atoms with Gasteiger partial charge in [0.25, 0.3) is 0 Å². The van der Waals surface area contributed by atoms with Crippen LogP contribution in [-0.4, -0.2) is 63.8 Å². The third-order valence-corrected chi connectivity index (χ3v) is 1.62. The van der Waals surface area contributed by atoms with Gasteiger partial charge in [0.15, 0.2) is 0 Å². The Bertz CT molecular complexity index is 221. The highest BCUT2D eigenvalue weighted by Crippen LogP contribution is 1.76. The predicted octanol–water partition coefficient (Wildman–Crippen LogP) is -1.65. The van der Waals surface area contributed by atoms with Gasteiger partial charge in [0.05, 0.1) is 6.61 Å². The molecule has 3 amide bonds. The standard InChI is InChI=1S/C9H20N4O3/c1-13(2)9(15)12-5-4-11-8(14)7-16-6-3-10/h3-7,10H2,1-2H3,(H,11,14)(H,12,15). The monoisotopic (exact) mass is 232 g/mol. The van der Waals surface area contributed by atoms with E-state index in [1.165, 1.54) is 4.90 Å². The molecule has 0 saturated carbocycles. The largest absolute Gasteiger partial charge is 0.370 e. The number of carbonyl (C=O) groups excluding carboxylic acids is 2. The van der Waals surface area contributed by atoms with Crippen LogP contribution in [0.4, 0.5) is 4.79 Å². The van der Waals surface area contributed by atoms with Crippen molar-refractivity contribution in [1.82, 2.24) is 15.5 Å². The minimum absolute atomic E-state index is 0.00116. The summed E-state index contributed by atoms with van der Waals surface area (Å²) in [7, 11) is 3.29. The van der Waals surface area contributed by atoms with Crippen molar-refractivity contribution in [2.45, 2.75) is 0 Å². The highest BCUT2D eigenvalue weighted by atomic mass is 16.5. The van der Waals surface area contributed by atoms with Crippen molar-refractivity contribution in [2.24, 2.45) is 5.73 Å². The second-order valence-electron chi connectivity index (χ2n) is 3.32. The number of nitrogens with zero attached hydrogens (tertiary/aromatic N) is 1. The quantitative estimate of drug-likeness (QED) is 0.458. The van der Waals surface area contributed by atoms with Crippen LogP contribution in [0.5, 0.6) is 0 Å². The lowest BCUT2D eigenvalue weighted by Crippen LogP contribution is -2.40. The predicted molar refractivity (Wildman–Crippen MR) is 60.0 cm³/mol. The molecule has 0 spiro atoms. The molecule has 0 aliphatic heterocycles. The van der Waals surface area contributed by atoms with Crippen molar-refractivity contribution in [1.29, 1.82) is 0 Å². The van der Waals surface area contributed by atoms with E-state index in [-0.39, 0.29) is 18.5 Å². The van der Waals surface area contributed by atoms with Gasteiger partial charge in [0, 0.05) is 33.7 Å². The molecule has 7 heteroatoms. The molecule has 0 heterocycles. The molecular weight excluding hydrogens is 212 g/mol. The van der Waals surface area contributed by atoms with Crippen LogP contribution < -0.4 is 16.4 Å². The van der Waals surface area contributed by atoms with Gasteiger partial charge < -0.3 is 26.0 Å². The Balaban J connectivity index is 3.37. The van der Waals surface area contributed by atoms with Gasteiger partial charge in [0.1, 0.15) is 6.61 Å². The molecule has 0 aromatic heterocycles. The summed E-state index contributed by atoms with van der Waals surface area (Å²) in [6, 6.07) is -0.186. The normalized spacial score (nSPS) is 9.69. The minimum Gasteiger partial charge on any atom is -0.370 e. The summed E-state index contributed by atoms with van der Waals surface area (Å²) >= 11 is 0. The molecule has 4 N–H and O–H groups in total. The number of rotatable bonds is 7. The summed E-state index contributed by atoms with van der Waals surface area (Å²) in [4.78, 5) is 23.6. The summed E-state index contributed by atoms with van der Waals surface area (Å²) in [6.07, 6.45) is 0. The number of nitrogens with two attached hydrogens (primary N) is 1. The van der Waals surface area contributed by atoms with E-state index in [0.29, 0.717) is 26.2 Å². The van der Waals surface area contributed by atoms with Crippen LogP contribution in [0.1, 0.15) is 0 Å². The summed E-state index contributed by atoms with van der Waals surface area (Å²) in [5.74, 6) is -0.215. The fourth-order valence-electron chi connectivity index (χ4n) is 0.829. The first-order valence-corrected chi connectivity index (χ1v) is 5.07. The zero-order valence-corrected chi connectivity index (χ0v) is 9.78. The molecule has 0 bridgehead atoms. The number of urea groups is 1. The summed E-state index contributed by atoms with van der Waals surface area (Å²) in [5, 5.41) is 5.21. The molecule has 0 rings (SSSR count). The van der Waals surface area contributed by atoms with E-state index in [2.05, 4.69) is 10.6 Å². The molecule has 0 aliphatic carbocycles. The van der Waals surface area contributed by atoms with Crippen molar-refractivity contribution in [2.75, 3.05) is 46.9 Å². The Hall–Kier alpha value is -1.34. The molecule has 0 aromatic rings. The first kappa shape index (κ1) is 14.7. The SMILES string of the molecule is CN(C)C(=O)NCCNC(=O)COCCN. The zero-order valence-electron chi connectivity index (χ0n) is 9.78. The van der Waals surface area contributed by atoms with Gasteiger partial charge in [-0.05, 0) is 0 Å². The Morgan fingerprint density at radius 1 is 1.25 bits per heavy atom. The maximum absolute atomic E-state index is 11.1. The number of carbonyl (C=O) groups is 2. The van der Waals surface area contributed by atoms with E-state index in [9.17, 15) is 9.59 Å². The lowest BCUT2D eigenvalue weighted by atomic mass is 10.5. The average molecular weight is 232 g/mol. The summed E-state index contributed by atoms with van der Waals surface area (Å²) in [6.45, 7) is 1.53. The number of amides is 3. The molecule has 16 heavy (non-hydrogen) atoms. The Morgan fingerprint density at radius 2 is 1.88 bits per heavy atom. The van der Waals surface area contributed by atoms with E-state index in [4.69, 9.17) is 10.5 Å². The molecule has 7 nitrogen and oxygen atoms in total. The fourth-order valence-corrected chi connectivity index (χ4v) is 0.829. The maximum atomic E-state index is 11.1. The van der Waals surface area contributed by atoms with Crippen molar-refractivity contribution >= 4 is 11.9 Å². The van der Waals surface area contributed by atoms with Gasteiger partial charge in [-0.1, -0.05) is 0 Å². The maximum Gasteiger partial charge on any atom is 0.316 e. The number of nitrogens with one attached hydrogen (secondary N) is 2. The third-order valence-electron chi connectivity index (χ3n) is 1.62. The van der Waals surface area contributed by atoms with E-state index in [0.717, 1.165) is 0 Å². The third kappa shape index (κ3) is 8.01. The van der Waals surface area contributed by atoms with E-state index < -0.39 is 0 Å². The molecular formula is C9H20N4O3. The van der Waals surface area contributed by atoms with E-state index in [1.54, 1.807) is 14.1 Å². The molecule has 0 aliphatic rings. The highest BCUT2D eigenvalue weighted by molar-refractivity contribution is 5.77. The van der Waals surface area contributed by atoms with Crippen LogP contribution in [0.15, 0.2) is 0 Å². The van der Waals surface area contributed by atoms with Crippen molar-refractivity contribution in [3.8, 4) is 0 Å². The molecule has 0 aromatic carbocycles. The second-order valence-corrected chi connectivity index (χ2v) is 3.32. The fraction of sp³-hybridized carbons (Fsp3) is 0.778. The molecule has 0 fully saturated rings. The van der Waals surface area contributed by atoms with Crippen molar-refractivity contribution < 1.29 is 14.3 Å². The number of hydrogen-bond donors (Lipinski definition) is 3. The Morgan fingerprint density at radius 3 is 2.44 bits per heavy atom. The van der Waals surface area contributed by atoms with Gasteiger partial charge in [-0.25, -0.2) is 4.79 Å². The smallest absolute Gasteiger partial charge is 0.316 e. The Labute approximate surface area is 95.3 Å². The summed E-state index contributed by atoms with van der Waals surface area (Å²) in [5.41, 5.74) is 5.19. The topological polar surface area (TPSA) is 96.7 Å². The molecule has 0 radical (unpaired) electrons. The van der Waals surface area contributed by atoms with Crippen LogP contribution >= 0.6 is 0 Å². The van der Waals surface area contributed by atoms with Gasteiger partial charge >= 0.3 is 6.03 Å². The van der Waals surface area contributed by atoms with Crippen LogP contribution in [0, 0.1) is 0 Å². The van der Waals surface area contributed by atoms with Gasteiger partial charge in [-0.3, -0.25) is 4.79 Å². The minimum atomic E-state index is -0.215. The Kier molecular flexibility index (Phi) is 8.18. The van der Waals surface area contributed by atoms with Gasteiger partial charge in [0.2, 0.25) is 5.91 Å². The number of hydrogen-bond acceptors (Lipinski definition) is 4. The van der Waals surface area contributed by atoms with Crippen LogP contribution in [-0.2, 0) is 9.53 Å². The van der Waals surface area contributed by atoms with E-state index >= 15 is 0 Å².